The topological polar surface area (TPSA) is 0 Å². The Morgan fingerprint density at radius 2 is 1.35 bits per heavy atom. The summed E-state index contributed by atoms with van der Waals surface area (Å²) in [7, 11) is 0. The van der Waals surface area contributed by atoms with Crippen molar-refractivity contribution in [3.63, 3.8) is 0 Å². The van der Waals surface area contributed by atoms with E-state index in [1.165, 1.54) is 11.1 Å². The van der Waals surface area contributed by atoms with E-state index in [0.717, 1.165) is 12.3 Å². The first-order chi connectivity index (χ1) is 9.72. The third-order valence-corrected chi connectivity index (χ3v) is 2.75. The molecule has 2 aromatic rings. The second-order valence-corrected chi connectivity index (χ2v) is 5.06. The molecule has 0 nitrogen and oxygen atoms in total. The Morgan fingerprint density at radius 3 is 1.75 bits per heavy atom. The minimum Gasteiger partial charge on any atom is -0.0985 e. The molecule has 20 heavy (non-hydrogen) atoms. The van der Waals surface area contributed by atoms with E-state index in [0.29, 0.717) is 0 Å². The van der Waals surface area contributed by atoms with Crippen molar-refractivity contribution in [1.29, 1.82) is 0 Å². The molecule has 0 heteroatoms. The van der Waals surface area contributed by atoms with Crippen molar-refractivity contribution < 1.29 is 0 Å². The molecule has 2 rings (SSSR count). The summed E-state index contributed by atoms with van der Waals surface area (Å²) in [5, 5.41) is 0. The van der Waals surface area contributed by atoms with Gasteiger partial charge in [-0.2, -0.15) is 0 Å². The van der Waals surface area contributed by atoms with Gasteiger partial charge < -0.3 is 0 Å². The van der Waals surface area contributed by atoms with Crippen LogP contribution in [-0.2, 0) is 0 Å². The predicted molar refractivity (Wildman–Crippen MR) is 91.5 cm³/mol. The van der Waals surface area contributed by atoms with Crippen LogP contribution in [0.3, 0.4) is 0 Å². The quantitative estimate of drug-likeness (QED) is 0.628. The Morgan fingerprint density at radius 1 is 0.850 bits per heavy atom. The maximum atomic E-state index is 3.63. The van der Waals surface area contributed by atoms with Gasteiger partial charge in [0.1, 0.15) is 0 Å². The molecule has 0 saturated carbocycles. The van der Waals surface area contributed by atoms with Crippen LogP contribution in [0, 0.1) is 5.92 Å². The van der Waals surface area contributed by atoms with Crippen molar-refractivity contribution in [3.05, 3.63) is 84.4 Å². The van der Waals surface area contributed by atoms with E-state index in [9.17, 15) is 0 Å². The molecular weight excluding hydrogens is 240 g/mol. The minimum atomic E-state index is 0.755. The van der Waals surface area contributed by atoms with E-state index in [1.807, 2.05) is 42.5 Å². The zero-order valence-electron chi connectivity index (χ0n) is 12.5. The van der Waals surface area contributed by atoms with E-state index >= 15 is 0 Å². The van der Waals surface area contributed by atoms with Crippen LogP contribution in [-0.4, -0.2) is 0 Å². The summed E-state index contributed by atoms with van der Waals surface area (Å²) in [5.74, 6) is 0.755. The van der Waals surface area contributed by atoms with Crippen molar-refractivity contribution in [1.82, 2.24) is 0 Å². The molecule has 0 spiro atoms. The maximum absolute atomic E-state index is 3.63. The Bertz CT molecular complexity index is 492. The summed E-state index contributed by atoms with van der Waals surface area (Å²) in [5.41, 5.74) is 2.46. The molecule has 0 bridgehead atoms. The van der Waals surface area contributed by atoms with Gasteiger partial charge in [-0.15, -0.1) is 0 Å². The van der Waals surface area contributed by atoms with Crippen molar-refractivity contribution in [2.24, 2.45) is 5.92 Å². The molecule has 0 unspecified atom stereocenters. The standard InChI is InChI=1S/C12H16.C8H8/c1-11(2)7-6-10-12-8-4-3-5-9-12;1-2-8-6-4-3-5-7-8/h3-6,8-11H,7H2,1-2H3;2-7H,1H2. The van der Waals surface area contributed by atoms with E-state index in [2.05, 4.69) is 56.8 Å². The third kappa shape index (κ3) is 7.38. The summed E-state index contributed by atoms with van der Waals surface area (Å²) in [6.07, 6.45) is 7.41. The molecule has 0 saturated heterocycles. The van der Waals surface area contributed by atoms with Gasteiger partial charge in [-0.25, -0.2) is 0 Å². The first-order valence-corrected chi connectivity index (χ1v) is 7.11. The molecule has 0 radical (unpaired) electrons. The van der Waals surface area contributed by atoms with Crippen LogP contribution in [0.4, 0.5) is 0 Å². The second-order valence-electron chi connectivity index (χ2n) is 5.06. The third-order valence-electron chi connectivity index (χ3n) is 2.75. The van der Waals surface area contributed by atoms with Gasteiger partial charge >= 0.3 is 0 Å². The normalized spacial score (nSPS) is 10.2. The lowest BCUT2D eigenvalue weighted by molar-refractivity contribution is 0.665. The highest BCUT2D eigenvalue weighted by molar-refractivity contribution is 5.48. The summed E-state index contributed by atoms with van der Waals surface area (Å²) in [6, 6.07) is 20.4. The van der Waals surface area contributed by atoms with Gasteiger partial charge in [0, 0.05) is 0 Å². The zero-order chi connectivity index (χ0) is 14.6. The number of hydrogen-bond donors (Lipinski definition) is 0. The van der Waals surface area contributed by atoms with Crippen LogP contribution in [0.25, 0.3) is 12.2 Å². The van der Waals surface area contributed by atoms with Gasteiger partial charge in [-0.1, -0.05) is 99.3 Å². The summed E-state index contributed by atoms with van der Waals surface area (Å²) in [4.78, 5) is 0. The smallest absolute Gasteiger partial charge is 0.0260 e. The molecule has 0 aliphatic carbocycles. The average molecular weight is 264 g/mol. The number of allylic oxidation sites excluding steroid dienone is 1. The monoisotopic (exact) mass is 264 g/mol. The summed E-state index contributed by atoms with van der Waals surface area (Å²) >= 11 is 0. The van der Waals surface area contributed by atoms with Crippen LogP contribution in [0.1, 0.15) is 31.4 Å². The molecular formula is C20H24. The highest BCUT2D eigenvalue weighted by atomic mass is 13.9. The first kappa shape index (κ1) is 16.0. The highest BCUT2D eigenvalue weighted by Crippen LogP contribution is 2.05. The van der Waals surface area contributed by atoms with Crippen LogP contribution in [0.15, 0.2) is 73.3 Å². The Hall–Kier alpha value is -2.08. The lowest BCUT2D eigenvalue weighted by Crippen LogP contribution is -1.80. The van der Waals surface area contributed by atoms with Gasteiger partial charge in [-0.05, 0) is 23.5 Å². The van der Waals surface area contributed by atoms with Crippen LogP contribution in [0.5, 0.6) is 0 Å². The summed E-state index contributed by atoms with van der Waals surface area (Å²) < 4.78 is 0. The Balaban J connectivity index is 0.000000217. The maximum Gasteiger partial charge on any atom is -0.0260 e. The van der Waals surface area contributed by atoms with E-state index < -0.39 is 0 Å². The average Bonchev–Trinajstić information content (AvgIpc) is 2.49. The van der Waals surface area contributed by atoms with Gasteiger partial charge in [0.05, 0.1) is 0 Å². The molecule has 0 N–H and O–H groups in total. The molecule has 104 valence electrons. The van der Waals surface area contributed by atoms with Gasteiger partial charge in [0.15, 0.2) is 0 Å². The van der Waals surface area contributed by atoms with Gasteiger partial charge in [0.2, 0.25) is 0 Å². The molecule has 0 aliphatic heterocycles. The lowest BCUT2D eigenvalue weighted by Gasteiger charge is -1.96. The fourth-order valence-corrected chi connectivity index (χ4v) is 1.63. The zero-order valence-corrected chi connectivity index (χ0v) is 12.5. The highest BCUT2D eigenvalue weighted by Gasteiger charge is 1.87. The molecule has 2 aromatic carbocycles. The van der Waals surface area contributed by atoms with E-state index in [4.69, 9.17) is 0 Å². The molecule has 0 amide bonds. The molecule has 0 aromatic heterocycles. The van der Waals surface area contributed by atoms with Gasteiger partial charge in [-0.3, -0.25) is 0 Å². The molecule has 0 aliphatic rings. The molecule has 0 atom stereocenters. The van der Waals surface area contributed by atoms with Crippen molar-refractivity contribution in [2.75, 3.05) is 0 Å². The number of benzene rings is 2. The fourth-order valence-electron chi connectivity index (χ4n) is 1.63. The predicted octanol–water partition coefficient (Wildman–Crippen LogP) is 6.08. The van der Waals surface area contributed by atoms with Crippen LogP contribution in [0.2, 0.25) is 0 Å². The first-order valence-electron chi connectivity index (χ1n) is 7.11. The van der Waals surface area contributed by atoms with Crippen molar-refractivity contribution in [2.45, 2.75) is 20.3 Å². The Labute approximate surface area is 123 Å². The van der Waals surface area contributed by atoms with Crippen LogP contribution < -0.4 is 0 Å². The Kier molecular flexibility index (Phi) is 7.83. The lowest BCUT2D eigenvalue weighted by atomic mass is 10.1. The summed E-state index contributed by atoms with van der Waals surface area (Å²) in [6.45, 7) is 8.09. The SMILES string of the molecule is C=Cc1ccccc1.CC(C)CC=Cc1ccccc1. The van der Waals surface area contributed by atoms with E-state index in [-0.39, 0.29) is 0 Å². The fraction of sp³-hybridized carbons (Fsp3) is 0.200. The van der Waals surface area contributed by atoms with Crippen LogP contribution >= 0.6 is 0 Å². The van der Waals surface area contributed by atoms with Gasteiger partial charge in [0.25, 0.3) is 0 Å². The molecule has 0 heterocycles. The van der Waals surface area contributed by atoms with Crippen molar-refractivity contribution in [3.8, 4) is 0 Å². The second kappa shape index (κ2) is 9.80. The van der Waals surface area contributed by atoms with Crippen molar-refractivity contribution >= 4 is 12.2 Å². The largest absolute Gasteiger partial charge is 0.0985 e. The number of hydrogen-bond acceptors (Lipinski definition) is 0. The van der Waals surface area contributed by atoms with E-state index in [1.54, 1.807) is 0 Å². The minimum absolute atomic E-state index is 0.755. The number of rotatable bonds is 4. The molecule has 0 fully saturated rings.